The van der Waals surface area contributed by atoms with Gasteiger partial charge in [-0.1, -0.05) is 12.1 Å². The Morgan fingerprint density at radius 3 is 1.44 bits per heavy atom. The quantitative estimate of drug-likeness (QED) is 0.440. The van der Waals surface area contributed by atoms with Crippen LogP contribution in [0, 0.1) is 18.8 Å². The van der Waals surface area contributed by atoms with Crippen molar-refractivity contribution in [1.82, 2.24) is 0 Å². The van der Waals surface area contributed by atoms with Gasteiger partial charge in [0, 0.05) is 11.1 Å². The number of halogens is 4. The Hall–Kier alpha value is -0.240. The normalized spacial score (nSPS) is 11.8. The summed E-state index contributed by atoms with van der Waals surface area (Å²) in [4.78, 5) is 0. The highest BCUT2D eigenvalue weighted by atomic mass is 127. The first-order chi connectivity index (χ1) is 7.61. The smallest absolute Gasteiger partial charge is 0.137 e. The van der Waals surface area contributed by atoms with Crippen molar-refractivity contribution >= 4 is 45.2 Å². The van der Waals surface area contributed by atoms with E-state index in [1.165, 1.54) is 12.1 Å². The molecule has 0 amide bonds. The molecule has 0 fully saturated rings. The lowest BCUT2D eigenvalue weighted by atomic mass is 9.80. The van der Waals surface area contributed by atoms with Crippen molar-refractivity contribution in [2.45, 2.75) is 0 Å². The SMILES string of the molecule is Fc1ccc2c(c1I)-c1ccc(F)c(I)c1-2. The van der Waals surface area contributed by atoms with E-state index >= 15 is 0 Å². The van der Waals surface area contributed by atoms with Crippen LogP contribution in [0.3, 0.4) is 0 Å². The first-order valence-electron chi connectivity index (χ1n) is 4.58. The topological polar surface area (TPSA) is 0 Å². The van der Waals surface area contributed by atoms with Crippen LogP contribution in [0.5, 0.6) is 0 Å². The average molecular weight is 440 g/mol. The van der Waals surface area contributed by atoms with Crippen molar-refractivity contribution in [3.05, 3.63) is 43.0 Å². The van der Waals surface area contributed by atoms with Gasteiger partial charge >= 0.3 is 0 Å². The molecule has 0 saturated heterocycles. The van der Waals surface area contributed by atoms with E-state index in [-0.39, 0.29) is 11.6 Å². The van der Waals surface area contributed by atoms with Gasteiger partial charge in [0.2, 0.25) is 0 Å². The molecule has 2 aromatic carbocycles. The molecule has 16 heavy (non-hydrogen) atoms. The Kier molecular flexibility index (Phi) is 2.47. The molecule has 80 valence electrons. The average Bonchev–Trinajstić information content (AvgIpc) is 2.22. The van der Waals surface area contributed by atoms with Gasteiger partial charge in [-0.25, -0.2) is 8.78 Å². The molecule has 0 saturated carbocycles. The van der Waals surface area contributed by atoms with Gasteiger partial charge in [-0.15, -0.1) is 0 Å². The molecular formula is C12H4F2I2. The van der Waals surface area contributed by atoms with E-state index < -0.39 is 0 Å². The number of hydrogen-bond donors (Lipinski definition) is 0. The maximum absolute atomic E-state index is 13.4. The molecule has 3 rings (SSSR count). The van der Waals surface area contributed by atoms with Crippen molar-refractivity contribution in [2.24, 2.45) is 0 Å². The van der Waals surface area contributed by atoms with Crippen LogP contribution in [0.25, 0.3) is 22.3 Å². The fourth-order valence-electron chi connectivity index (χ4n) is 1.98. The summed E-state index contributed by atoms with van der Waals surface area (Å²) in [5, 5.41) is 0. The van der Waals surface area contributed by atoms with E-state index in [2.05, 4.69) is 0 Å². The Morgan fingerprint density at radius 1 is 0.688 bits per heavy atom. The molecule has 0 atom stereocenters. The van der Waals surface area contributed by atoms with Crippen LogP contribution in [0.1, 0.15) is 0 Å². The highest BCUT2D eigenvalue weighted by molar-refractivity contribution is 14.1. The van der Waals surface area contributed by atoms with Crippen LogP contribution in [0.2, 0.25) is 0 Å². The van der Waals surface area contributed by atoms with E-state index in [9.17, 15) is 8.78 Å². The Morgan fingerprint density at radius 2 is 1.06 bits per heavy atom. The molecule has 0 heterocycles. The Balaban J connectivity index is 2.34. The molecule has 0 aliphatic heterocycles. The highest BCUT2D eigenvalue weighted by Gasteiger charge is 2.29. The molecule has 0 unspecified atom stereocenters. The highest BCUT2D eigenvalue weighted by Crippen LogP contribution is 2.52. The minimum Gasteiger partial charge on any atom is -0.206 e. The molecule has 2 aromatic rings. The molecule has 0 bridgehead atoms. The fourth-order valence-corrected chi connectivity index (χ4v) is 3.50. The molecule has 1 aliphatic carbocycles. The van der Waals surface area contributed by atoms with Crippen LogP contribution in [-0.2, 0) is 0 Å². The van der Waals surface area contributed by atoms with Crippen LogP contribution in [0.4, 0.5) is 8.78 Å². The lowest BCUT2D eigenvalue weighted by Gasteiger charge is -2.26. The van der Waals surface area contributed by atoms with Gasteiger partial charge in [-0.3, -0.25) is 0 Å². The number of fused-ring (bicyclic) bond motifs is 4. The van der Waals surface area contributed by atoms with Gasteiger partial charge in [0.05, 0.1) is 7.14 Å². The van der Waals surface area contributed by atoms with Crippen LogP contribution in [0.15, 0.2) is 24.3 Å². The van der Waals surface area contributed by atoms with Crippen molar-refractivity contribution in [3.8, 4) is 22.3 Å². The zero-order chi connectivity index (χ0) is 11.4. The predicted molar refractivity (Wildman–Crippen MR) is 76.2 cm³/mol. The van der Waals surface area contributed by atoms with Gasteiger partial charge in [0.1, 0.15) is 11.6 Å². The summed E-state index contributed by atoms with van der Waals surface area (Å²) in [6.07, 6.45) is 0. The van der Waals surface area contributed by atoms with Gasteiger partial charge in [-0.05, 0) is 68.4 Å². The molecule has 0 aromatic heterocycles. The lowest BCUT2D eigenvalue weighted by Crippen LogP contribution is -2.06. The van der Waals surface area contributed by atoms with Crippen molar-refractivity contribution in [1.29, 1.82) is 0 Å². The Bertz CT molecular complexity index is 551. The summed E-state index contributed by atoms with van der Waals surface area (Å²) in [5.74, 6) is -0.436. The summed E-state index contributed by atoms with van der Waals surface area (Å²) < 4.78 is 28.0. The van der Waals surface area contributed by atoms with Crippen LogP contribution >= 0.6 is 45.2 Å². The monoisotopic (exact) mass is 440 g/mol. The summed E-state index contributed by atoms with van der Waals surface area (Å²) >= 11 is 3.98. The van der Waals surface area contributed by atoms with Gasteiger partial charge in [0.25, 0.3) is 0 Å². The molecule has 0 N–H and O–H groups in total. The van der Waals surface area contributed by atoms with Crippen molar-refractivity contribution in [2.75, 3.05) is 0 Å². The summed E-state index contributed by atoms with van der Waals surface area (Å²) in [7, 11) is 0. The van der Waals surface area contributed by atoms with Crippen LogP contribution < -0.4 is 0 Å². The molecular weight excluding hydrogens is 436 g/mol. The van der Waals surface area contributed by atoms with E-state index in [1.54, 1.807) is 12.1 Å². The summed E-state index contributed by atoms with van der Waals surface area (Å²) in [5.41, 5.74) is 3.72. The van der Waals surface area contributed by atoms with E-state index in [4.69, 9.17) is 0 Å². The lowest BCUT2D eigenvalue weighted by molar-refractivity contribution is 0.618. The van der Waals surface area contributed by atoms with E-state index in [1.807, 2.05) is 45.2 Å². The molecule has 0 radical (unpaired) electrons. The van der Waals surface area contributed by atoms with Gasteiger partial charge < -0.3 is 0 Å². The van der Waals surface area contributed by atoms with E-state index in [0.717, 1.165) is 22.3 Å². The Labute approximate surface area is 118 Å². The van der Waals surface area contributed by atoms with Crippen molar-refractivity contribution in [3.63, 3.8) is 0 Å². The minimum atomic E-state index is -0.218. The summed E-state index contributed by atoms with van der Waals surface area (Å²) in [6.45, 7) is 0. The van der Waals surface area contributed by atoms with E-state index in [0.29, 0.717) is 7.14 Å². The maximum Gasteiger partial charge on any atom is 0.137 e. The number of hydrogen-bond acceptors (Lipinski definition) is 0. The number of benzene rings is 2. The third kappa shape index (κ3) is 1.28. The molecule has 1 aliphatic rings. The molecule has 4 heteroatoms. The second-order valence-electron chi connectivity index (χ2n) is 3.57. The predicted octanol–water partition coefficient (Wildman–Crippen LogP) is 4.82. The maximum atomic E-state index is 13.4. The van der Waals surface area contributed by atoms with Crippen molar-refractivity contribution < 1.29 is 8.78 Å². The zero-order valence-electron chi connectivity index (χ0n) is 7.82. The van der Waals surface area contributed by atoms with Crippen LogP contribution in [-0.4, -0.2) is 0 Å². The molecule has 0 nitrogen and oxygen atoms in total. The second kappa shape index (κ2) is 3.63. The minimum absolute atomic E-state index is 0.218. The second-order valence-corrected chi connectivity index (χ2v) is 5.73. The van der Waals surface area contributed by atoms with Gasteiger partial charge in [0.15, 0.2) is 0 Å². The standard InChI is InChI=1S/C12H4F2I2/c13-7-3-1-5-9(11(7)15)6-2-4-8(14)12(16)10(5)6/h1-4H. The first kappa shape index (κ1) is 10.9. The fraction of sp³-hybridized carbons (Fsp3) is 0. The summed E-state index contributed by atoms with van der Waals surface area (Å²) in [6, 6.07) is 6.31. The molecule has 0 spiro atoms. The largest absolute Gasteiger partial charge is 0.206 e. The third-order valence-electron chi connectivity index (χ3n) is 2.73. The van der Waals surface area contributed by atoms with Gasteiger partial charge in [-0.2, -0.15) is 0 Å². The third-order valence-corrected chi connectivity index (χ3v) is 4.84. The zero-order valence-corrected chi connectivity index (χ0v) is 12.1. The number of rotatable bonds is 0. The first-order valence-corrected chi connectivity index (χ1v) is 6.73.